The number of rotatable bonds is 4. The Balaban J connectivity index is 1.79. The second-order valence-corrected chi connectivity index (χ2v) is 6.33. The molecule has 3 rings (SSSR count). The molecule has 0 radical (unpaired) electrons. The van der Waals surface area contributed by atoms with E-state index >= 15 is 0 Å². The number of benzene rings is 2. The van der Waals surface area contributed by atoms with Gasteiger partial charge in [-0.15, -0.1) is 0 Å². The Morgan fingerprint density at radius 1 is 1.15 bits per heavy atom. The van der Waals surface area contributed by atoms with Crippen molar-refractivity contribution in [2.75, 3.05) is 4.90 Å². The van der Waals surface area contributed by atoms with Crippen LogP contribution >= 0.6 is 11.6 Å². The molecule has 1 unspecified atom stereocenters. The van der Waals surface area contributed by atoms with Gasteiger partial charge < -0.3 is 15.4 Å². The van der Waals surface area contributed by atoms with E-state index in [4.69, 9.17) is 22.1 Å². The van der Waals surface area contributed by atoms with Crippen LogP contribution in [-0.2, 0) is 17.9 Å². The number of hydrogen-bond acceptors (Lipinski definition) is 4. The molecule has 0 aromatic heterocycles. The second kappa shape index (κ2) is 8.02. The molecule has 0 amide bonds. The average molecular weight is 396 g/mol. The summed E-state index contributed by atoms with van der Waals surface area (Å²) < 4.78 is 47.0. The third-order valence-corrected chi connectivity index (χ3v) is 4.37. The number of nitrogens with zero attached hydrogens (tertiary/aromatic N) is 2. The Morgan fingerprint density at radius 3 is 2.52 bits per heavy atom. The number of hydrogen-bond donors (Lipinski definition) is 1. The molecule has 0 saturated carbocycles. The van der Waals surface area contributed by atoms with Crippen LogP contribution < -0.4 is 10.6 Å². The molecular weight excluding hydrogens is 379 g/mol. The number of halogens is 4. The first-order valence-electron chi connectivity index (χ1n) is 8.18. The van der Waals surface area contributed by atoms with Crippen molar-refractivity contribution in [3.63, 3.8) is 0 Å². The molecule has 0 fully saturated rings. The van der Waals surface area contributed by atoms with Gasteiger partial charge in [0, 0.05) is 12.7 Å². The van der Waals surface area contributed by atoms with Gasteiger partial charge in [0.05, 0.1) is 0 Å². The Morgan fingerprint density at radius 2 is 1.85 bits per heavy atom. The number of nitrogens with two attached hydrogens (primary N) is 1. The molecule has 0 aliphatic carbocycles. The minimum atomic E-state index is -0.721. The summed E-state index contributed by atoms with van der Waals surface area (Å²) in [6, 6.07) is 7.82. The molecule has 2 N–H and O–H groups in total. The van der Waals surface area contributed by atoms with Gasteiger partial charge in [0.2, 0.25) is 5.90 Å². The Hall–Kier alpha value is -2.51. The molecule has 1 aliphatic heterocycles. The van der Waals surface area contributed by atoms with Crippen molar-refractivity contribution in [3.8, 4) is 0 Å². The van der Waals surface area contributed by atoms with Crippen molar-refractivity contribution >= 4 is 23.2 Å². The van der Waals surface area contributed by atoms with E-state index in [-0.39, 0.29) is 35.6 Å². The predicted octanol–water partition coefficient (Wildman–Crippen LogP) is 4.42. The van der Waals surface area contributed by atoms with Gasteiger partial charge in [-0.2, -0.15) is 0 Å². The summed E-state index contributed by atoms with van der Waals surface area (Å²) >= 11 is 6.20. The highest BCUT2D eigenvalue weighted by atomic mass is 35.5. The zero-order valence-corrected chi connectivity index (χ0v) is 15.2. The van der Waals surface area contributed by atoms with Crippen LogP contribution in [0.25, 0.3) is 0 Å². The lowest BCUT2D eigenvalue weighted by Gasteiger charge is -2.30. The van der Waals surface area contributed by atoms with Gasteiger partial charge in [-0.25, -0.2) is 18.2 Å². The van der Waals surface area contributed by atoms with Gasteiger partial charge >= 0.3 is 0 Å². The van der Waals surface area contributed by atoms with E-state index in [9.17, 15) is 13.2 Å². The highest BCUT2D eigenvalue weighted by Crippen LogP contribution is 2.30. The predicted molar refractivity (Wildman–Crippen MR) is 98.8 cm³/mol. The van der Waals surface area contributed by atoms with Gasteiger partial charge in [0.15, 0.2) is 0 Å². The molecule has 4 nitrogen and oxygen atoms in total. The maximum Gasteiger partial charge on any atom is 0.231 e. The molecule has 2 aromatic carbocycles. The Labute approximate surface area is 159 Å². The Bertz CT molecular complexity index is 897. The van der Waals surface area contributed by atoms with E-state index in [0.717, 1.165) is 12.1 Å². The summed E-state index contributed by atoms with van der Waals surface area (Å²) in [6.07, 6.45) is 0.723. The van der Waals surface area contributed by atoms with Crippen molar-refractivity contribution in [2.24, 2.45) is 10.7 Å². The summed E-state index contributed by atoms with van der Waals surface area (Å²) in [5.41, 5.74) is 6.68. The third kappa shape index (κ3) is 4.09. The molecule has 1 heterocycles. The van der Waals surface area contributed by atoms with Crippen molar-refractivity contribution in [1.29, 1.82) is 0 Å². The van der Waals surface area contributed by atoms with Crippen LogP contribution in [0, 0.1) is 17.5 Å². The molecule has 1 aliphatic rings. The van der Waals surface area contributed by atoms with Gasteiger partial charge in [-0.3, -0.25) is 0 Å². The first-order valence-corrected chi connectivity index (χ1v) is 8.56. The molecule has 1 atom stereocenters. The van der Waals surface area contributed by atoms with E-state index in [1.54, 1.807) is 13.0 Å². The van der Waals surface area contributed by atoms with Crippen LogP contribution in [0.3, 0.4) is 0 Å². The fourth-order valence-electron chi connectivity index (χ4n) is 2.74. The fourth-order valence-corrected chi connectivity index (χ4v) is 2.95. The SMILES string of the molecule is CC1N=C(OCc2ccc(F)cc2CN)C(Cl)=CN1c1c(F)cccc1F. The van der Waals surface area contributed by atoms with Crippen LogP contribution in [0.15, 0.2) is 52.6 Å². The maximum absolute atomic E-state index is 14.0. The van der Waals surface area contributed by atoms with Crippen LogP contribution in [0.2, 0.25) is 0 Å². The molecule has 8 heteroatoms. The summed E-state index contributed by atoms with van der Waals surface area (Å²) in [7, 11) is 0. The topological polar surface area (TPSA) is 50.9 Å². The van der Waals surface area contributed by atoms with Gasteiger partial charge in [0.1, 0.15) is 40.9 Å². The van der Waals surface area contributed by atoms with E-state index in [2.05, 4.69) is 4.99 Å². The number of ether oxygens (including phenoxy) is 1. The van der Waals surface area contributed by atoms with Crippen molar-refractivity contribution < 1.29 is 17.9 Å². The lowest BCUT2D eigenvalue weighted by molar-refractivity contribution is 0.289. The number of anilines is 1. The highest BCUT2D eigenvalue weighted by Gasteiger charge is 2.26. The van der Waals surface area contributed by atoms with Crippen LogP contribution in [0.4, 0.5) is 18.9 Å². The van der Waals surface area contributed by atoms with Crippen molar-refractivity contribution in [1.82, 2.24) is 0 Å². The second-order valence-electron chi connectivity index (χ2n) is 5.93. The van der Waals surface area contributed by atoms with E-state index in [1.165, 1.54) is 29.3 Å². The first-order chi connectivity index (χ1) is 12.9. The lowest BCUT2D eigenvalue weighted by Crippen LogP contribution is -2.33. The Kier molecular flexibility index (Phi) is 5.72. The van der Waals surface area contributed by atoms with Crippen molar-refractivity contribution in [3.05, 3.63) is 76.2 Å². The van der Waals surface area contributed by atoms with E-state index < -0.39 is 17.8 Å². The van der Waals surface area contributed by atoms with Gasteiger partial charge in [0.25, 0.3) is 0 Å². The molecular formula is C19H17ClF3N3O. The monoisotopic (exact) mass is 395 g/mol. The molecule has 0 saturated heterocycles. The normalized spacial score (nSPS) is 16.8. The quantitative estimate of drug-likeness (QED) is 0.833. The van der Waals surface area contributed by atoms with Crippen LogP contribution in [-0.4, -0.2) is 12.1 Å². The highest BCUT2D eigenvalue weighted by molar-refractivity contribution is 6.42. The maximum atomic E-state index is 14.0. The standard InChI is InChI=1S/C19H17ClF3N3O/c1-11-25-19(27-10-12-5-6-14(21)7-13(12)8-24)15(20)9-26(11)18-16(22)3-2-4-17(18)23/h2-7,9,11H,8,10,24H2,1H3. The zero-order chi connectivity index (χ0) is 19.6. The molecule has 2 aromatic rings. The van der Waals surface area contributed by atoms with Crippen molar-refractivity contribution in [2.45, 2.75) is 26.2 Å². The number of para-hydroxylation sites is 1. The molecule has 0 bridgehead atoms. The van der Waals surface area contributed by atoms with E-state index in [1.807, 2.05) is 0 Å². The molecule has 142 valence electrons. The average Bonchev–Trinajstić information content (AvgIpc) is 2.63. The number of aliphatic imine (C=N–C) groups is 1. The zero-order valence-electron chi connectivity index (χ0n) is 14.4. The summed E-state index contributed by atoms with van der Waals surface area (Å²) in [5.74, 6) is -1.70. The summed E-state index contributed by atoms with van der Waals surface area (Å²) in [6.45, 7) is 1.89. The molecule has 27 heavy (non-hydrogen) atoms. The van der Waals surface area contributed by atoms with Crippen LogP contribution in [0.5, 0.6) is 0 Å². The van der Waals surface area contributed by atoms with E-state index in [0.29, 0.717) is 11.1 Å². The smallest absolute Gasteiger partial charge is 0.231 e. The van der Waals surface area contributed by atoms with Gasteiger partial charge in [-0.1, -0.05) is 23.7 Å². The minimum absolute atomic E-state index is 0.0798. The molecule has 0 spiro atoms. The first kappa shape index (κ1) is 19.3. The third-order valence-electron chi connectivity index (χ3n) is 4.11. The minimum Gasteiger partial charge on any atom is -0.472 e. The van der Waals surface area contributed by atoms with Crippen LogP contribution in [0.1, 0.15) is 18.1 Å². The summed E-state index contributed by atoms with van der Waals surface area (Å²) in [5, 5.41) is 0.0900. The largest absolute Gasteiger partial charge is 0.472 e. The van der Waals surface area contributed by atoms with Gasteiger partial charge in [-0.05, 0) is 42.3 Å². The lowest BCUT2D eigenvalue weighted by atomic mass is 10.1. The fraction of sp³-hybridized carbons (Fsp3) is 0.211. The summed E-state index contributed by atoms with van der Waals surface area (Å²) in [4.78, 5) is 5.57.